The molecule has 35 heavy (non-hydrogen) atoms. The zero-order chi connectivity index (χ0) is 24.2. The minimum absolute atomic E-state index is 0.147. The molecule has 0 bridgehead atoms. The number of nitrogens with one attached hydrogen (secondary N) is 1. The monoisotopic (exact) mass is 470 g/mol. The maximum atomic E-state index is 10.3. The predicted molar refractivity (Wildman–Crippen MR) is 143 cm³/mol. The Morgan fingerprint density at radius 2 is 1.83 bits per heavy atom. The summed E-state index contributed by atoms with van der Waals surface area (Å²) in [6.45, 7) is 8.51. The van der Waals surface area contributed by atoms with E-state index in [2.05, 4.69) is 39.1 Å². The lowest BCUT2D eigenvalue weighted by Gasteiger charge is -2.28. The summed E-state index contributed by atoms with van der Waals surface area (Å²) in [4.78, 5) is 3.74. The van der Waals surface area contributed by atoms with E-state index in [1.54, 1.807) is 6.07 Å². The number of aromatic hydroxyl groups is 1. The van der Waals surface area contributed by atoms with Crippen molar-refractivity contribution in [3.8, 4) is 5.75 Å². The second-order valence-electron chi connectivity index (χ2n) is 10.6. The molecule has 1 heterocycles. The highest BCUT2D eigenvalue weighted by Crippen LogP contribution is 2.40. The quantitative estimate of drug-likeness (QED) is 0.333. The van der Waals surface area contributed by atoms with E-state index in [0.29, 0.717) is 29.6 Å². The second-order valence-corrected chi connectivity index (χ2v) is 10.6. The van der Waals surface area contributed by atoms with Crippen LogP contribution in [0.2, 0.25) is 0 Å². The minimum Gasteiger partial charge on any atom is -0.508 e. The number of hydrogen-bond acceptors (Lipinski definition) is 3. The van der Waals surface area contributed by atoms with E-state index in [9.17, 15) is 5.11 Å². The first kappa shape index (κ1) is 23.9. The summed E-state index contributed by atoms with van der Waals surface area (Å²) >= 11 is 0. The zero-order valence-electron chi connectivity index (χ0n) is 20.6. The van der Waals surface area contributed by atoms with E-state index in [1.807, 2.05) is 18.2 Å². The molecule has 2 fully saturated rings. The van der Waals surface area contributed by atoms with E-state index < -0.39 is 0 Å². The van der Waals surface area contributed by atoms with Crippen LogP contribution in [0.15, 0.2) is 48.7 Å². The molecule has 5 heteroatoms. The van der Waals surface area contributed by atoms with Crippen molar-refractivity contribution in [3.05, 3.63) is 71.2 Å². The summed E-state index contributed by atoms with van der Waals surface area (Å²) < 4.78 is 2.49. The van der Waals surface area contributed by atoms with Crippen molar-refractivity contribution < 1.29 is 5.11 Å². The van der Waals surface area contributed by atoms with Crippen molar-refractivity contribution in [2.45, 2.75) is 88.3 Å². The third-order valence-electron chi connectivity index (χ3n) is 8.23. The van der Waals surface area contributed by atoms with Crippen LogP contribution in [0.25, 0.3) is 15.7 Å². The molecule has 184 valence electrons. The van der Waals surface area contributed by atoms with Gasteiger partial charge in [0.1, 0.15) is 5.75 Å². The standard InChI is InChI=1S/C30H38N4O/c1-32-24-14-15-30-28(19-24)29(20-34(30)25-7-3-2-4-8-25)27(21-6-5-9-26(35)18-21)16-17-33-23-12-10-22(31)11-13-23/h5-6,9,14-15,18-20,22-23,25,27,33,35H,2-4,7-8,10-13,16-17,31H2. The largest absolute Gasteiger partial charge is 0.508 e. The summed E-state index contributed by atoms with van der Waals surface area (Å²) in [5.41, 5.74) is 10.4. The lowest BCUT2D eigenvalue weighted by Crippen LogP contribution is -2.38. The van der Waals surface area contributed by atoms with Crippen molar-refractivity contribution in [2.24, 2.45) is 5.73 Å². The van der Waals surface area contributed by atoms with Crippen LogP contribution >= 0.6 is 0 Å². The molecule has 2 aliphatic rings. The first-order valence-electron chi connectivity index (χ1n) is 13.4. The molecule has 2 aromatic carbocycles. The third kappa shape index (κ3) is 5.39. The highest BCUT2D eigenvalue weighted by Gasteiger charge is 2.25. The van der Waals surface area contributed by atoms with Crippen LogP contribution in [0.1, 0.15) is 87.3 Å². The fourth-order valence-corrected chi connectivity index (χ4v) is 6.28. The SMILES string of the molecule is [C-]#[N+]c1ccc2c(c1)c(C(CCNC1CCC(N)CC1)c1cccc(O)c1)cn2C1CCCCC1. The third-order valence-corrected chi connectivity index (χ3v) is 8.23. The topological polar surface area (TPSA) is 67.6 Å². The van der Waals surface area contributed by atoms with Gasteiger partial charge in [-0.05, 0) is 92.3 Å². The van der Waals surface area contributed by atoms with Gasteiger partial charge in [0.2, 0.25) is 0 Å². The van der Waals surface area contributed by atoms with E-state index >= 15 is 0 Å². The van der Waals surface area contributed by atoms with E-state index in [-0.39, 0.29) is 5.92 Å². The van der Waals surface area contributed by atoms with Gasteiger partial charge in [0.15, 0.2) is 5.69 Å². The molecule has 2 aliphatic carbocycles. The number of aromatic nitrogens is 1. The fraction of sp³-hybridized carbons (Fsp3) is 0.500. The number of nitrogens with two attached hydrogens (primary N) is 1. The van der Waals surface area contributed by atoms with Crippen molar-refractivity contribution in [1.29, 1.82) is 0 Å². The Morgan fingerprint density at radius 3 is 2.57 bits per heavy atom. The molecular weight excluding hydrogens is 432 g/mol. The summed E-state index contributed by atoms with van der Waals surface area (Å²) in [5, 5.41) is 15.3. The van der Waals surface area contributed by atoms with Crippen molar-refractivity contribution in [1.82, 2.24) is 9.88 Å². The molecular formula is C30H38N4O. The average Bonchev–Trinajstić information content (AvgIpc) is 3.26. The van der Waals surface area contributed by atoms with Crippen molar-refractivity contribution in [2.75, 3.05) is 6.54 Å². The predicted octanol–water partition coefficient (Wildman–Crippen LogP) is 6.78. The van der Waals surface area contributed by atoms with E-state index in [4.69, 9.17) is 12.3 Å². The highest BCUT2D eigenvalue weighted by molar-refractivity contribution is 5.88. The molecule has 5 nitrogen and oxygen atoms in total. The Balaban J connectivity index is 1.50. The number of nitrogens with zero attached hydrogens (tertiary/aromatic N) is 2. The number of benzene rings is 2. The van der Waals surface area contributed by atoms with Crippen LogP contribution < -0.4 is 11.1 Å². The molecule has 0 aliphatic heterocycles. The average molecular weight is 471 g/mol. The van der Waals surface area contributed by atoms with Gasteiger partial charge in [0, 0.05) is 35.8 Å². The molecule has 0 saturated heterocycles. The number of phenols is 1. The minimum atomic E-state index is 0.147. The number of fused-ring (bicyclic) bond motifs is 1. The highest BCUT2D eigenvalue weighted by atomic mass is 16.3. The first-order valence-corrected chi connectivity index (χ1v) is 13.4. The van der Waals surface area contributed by atoms with Gasteiger partial charge in [-0.1, -0.05) is 37.5 Å². The van der Waals surface area contributed by atoms with Gasteiger partial charge in [-0.25, -0.2) is 4.85 Å². The van der Waals surface area contributed by atoms with Crippen LogP contribution in [0.5, 0.6) is 5.75 Å². The summed E-state index contributed by atoms with van der Waals surface area (Å²) in [6.07, 6.45) is 14.1. The molecule has 4 N–H and O–H groups in total. The summed E-state index contributed by atoms with van der Waals surface area (Å²) in [6, 6.07) is 15.3. The summed E-state index contributed by atoms with van der Waals surface area (Å²) in [7, 11) is 0. The van der Waals surface area contributed by atoms with Gasteiger partial charge in [0.25, 0.3) is 0 Å². The normalized spacial score (nSPS) is 22.2. The molecule has 0 radical (unpaired) electrons. The van der Waals surface area contributed by atoms with Gasteiger partial charge >= 0.3 is 0 Å². The molecule has 0 amide bonds. The molecule has 1 atom stereocenters. The Morgan fingerprint density at radius 1 is 1.03 bits per heavy atom. The molecule has 5 rings (SSSR count). The van der Waals surface area contributed by atoms with Crippen molar-refractivity contribution in [3.63, 3.8) is 0 Å². The van der Waals surface area contributed by atoms with Crippen LogP contribution in [-0.2, 0) is 0 Å². The van der Waals surface area contributed by atoms with Gasteiger partial charge in [-0.15, -0.1) is 0 Å². The van der Waals surface area contributed by atoms with Crippen LogP contribution in [-0.4, -0.2) is 28.3 Å². The van der Waals surface area contributed by atoms with Crippen molar-refractivity contribution >= 4 is 16.6 Å². The molecule has 0 spiro atoms. The Hall–Kier alpha value is -2.81. The van der Waals surface area contributed by atoms with Gasteiger partial charge in [-0.2, -0.15) is 0 Å². The van der Waals surface area contributed by atoms with Gasteiger partial charge in [-0.3, -0.25) is 0 Å². The van der Waals surface area contributed by atoms with E-state index in [0.717, 1.165) is 44.2 Å². The maximum Gasteiger partial charge on any atom is 0.187 e. The molecule has 2 saturated carbocycles. The maximum absolute atomic E-state index is 10.3. The Bertz CT molecular complexity index is 1180. The first-order chi connectivity index (χ1) is 17.1. The lowest BCUT2D eigenvalue weighted by molar-refractivity contribution is 0.340. The number of phenolic OH excluding ortho intramolecular Hbond substituents is 1. The Labute approximate surface area is 209 Å². The zero-order valence-corrected chi connectivity index (χ0v) is 20.6. The Kier molecular flexibility index (Phi) is 7.41. The molecule has 1 unspecified atom stereocenters. The number of hydrogen-bond donors (Lipinski definition) is 3. The van der Waals surface area contributed by atoms with E-state index in [1.165, 1.54) is 48.6 Å². The second kappa shape index (κ2) is 10.8. The van der Waals surface area contributed by atoms with Gasteiger partial charge < -0.3 is 20.7 Å². The van der Waals surface area contributed by atoms with Gasteiger partial charge in [0.05, 0.1) is 6.57 Å². The molecule has 1 aromatic heterocycles. The smallest absolute Gasteiger partial charge is 0.187 e. The number of rotatable bonds is 7. The summed E-state index contributed by atoms with van der Waals surface area (Å²) in [5.74, 6) is 0.452. The lowest BCUT2D eigenvalue weighted by atomic mass is 9.87. The molecule has 3 aromatic rings. The van der Waals surface area contributed by atoms with Crippen LogP contribution in [0.3, 0.4) is 0 Å². The van der Waals surface area contributed by atoms with Crippen LogP contribution in [0.4, 0.5) is 5.69 Å². The van der Waals surface area contributed by atoms with Crippen LogP contribution in [0, 0.1) is 6.57 Å². The fourth-order valence-electron chi connectivity index (χ4n) is 6.28.